The number of pyridine rings is 1. The number of nitrogens with zero attached hydrogens (tertiary/aromatic N) is 4. The summed E-state index contributed by atoms with van der Waals surface area (Å²) in [4.78, 5) is 7.52. The first-order valence-corrected chi connectivity index (χ1v) is 12.7. The van der Waals surface area contributed by atoms with Gasteiger partial charge in [-0.2, -0.15) is 5.26 Å². The van der Waals surface area contributed by atoms with Gasteiger partial charge < -0.3 is 20.2 Å². The number of rotatable bonds is 7. The van der Waals surface area contributed by atoms with Gasteiger partial charge in [0.05, 0.1) is 29.0 Å². The summed E-state index contributed by atoms with van der Waals surface area (Å²) in [5.41, 5.74) is 7.44. The molecule has 0 radical (unpaired) electrons. The molecule has 3 heterocycles. The fourth-order valence-electron chi connectivity index (χ4n) is 5.36. The third kappa shape index (κ3) is 4.50. The maximum absolute atomic E-state index is 9.31. The van der Waals surface area contributed by atoms with Crippen molar-refractivity contribution in [2.45, 2.75) is 26.3 Å². The third-order valence-corrected chi connectivity index (χ3v) is 7.49. The van der Waals surface area contributed by atoms with Crippen LogP contribution in [0.25, 0.3) is 33.3 Å². The topological polar surface area (TPSA) is 80.7 Å². The summed E-state index contributed by atoms with van der Waals surface area (Å²) in [5.74, 6) is 0.672. The molecule has 0 unspecified atom stereocenters. The quantitative estimate of drug-likeness (QED) is 0.320. The van der Waals surface area contributed by atoms with Crippen LogP contribution in [0.15, 0.2) is 60.9 Å². The van der Waals surface area contributed by atoms with Crippen LogP contribution in [0.1, 0.15) is 30.9 Å². The zero-order valence-corrected chi connectivity index (χ0v) is 21.0. The van der Waals surface area contributed by atoms with Gasteiger partial charge in [-0.1, -0.05) is 25.1 Å². The molecule has 0 bridgehead atoms. The molecule has 0 amide bonds. The Bertz CT molecular complexity index is 1420. The van der Waals surface area contributed by atoms with Gasteiger partial charge in [-0.3, -0.25) is 4.98 Å². The maximum Gasteiger partial charge on any atom is 0.0991 e. The fraction of sp³-hybridized carbons (Fsp3) is 0.300. The van der Waals surface area contributed by atoms with Gasteiger partial charge in [0.1, 0.15) is 0 Å². The van der Waals surface area contributed by atoms with Crippen LogP contribution >= 0.6 is 0 Å². The molecule has 1 fully saturated rings. The molecule has 2 aromatic heterocycles. The van der Waals surface area contributed by atoms with Gasteiger partial charge in [-0.25, -0.2) is 0 Å². The Labute approximate surface area is 212 Å². The Kier molecular flexibility index (Phi) is 6.84. The minimum absolute atomic E-state index is 0.640. The van der Waals surface area contributed by atoms with Gasteiger partial charge in [0, 0.05) is 53.8 Å². The predicted octanol–water partition coefficient (Wildman–Crippen LogP) is 6.01. The monoisotopic (exact) mass is 476 g/mol. The predicted molar refractivity (Wildman–Crippen MR) is 148 cm³/mol. The van der Waals surface area contributed by atoms with Crippen LogP contribution in [0.3, 0.4) is 0 Å². The van der Waals surface area contributed by atoms with Gasteiger partial charge in [0.2, 0.25) is 0 Å². The van der Waals surface area contributed by atoms with E-state index in [1.165, 1.54) is 32.1 Å². The molecule has 2 aromatic carbocycles. The lowest BCUT2D eigenvalue weighted by Crippen LogP contribution is -2.34. The Morgan fingerprint density at radius 1 is 1.11 bits per heavy atom. The summed E-state index contributed by atoms with van der Waals surface area (Å²) in [7, 11) is 1.86. The normalized spacial score (nSPS) is 14.6. The molecule has 5 rings (SSSR count). The number of aromatic nitrogens is 2. The van der Waals surface area contributed by atoms with Crippen LogP contribution in [-0.2, 0) is 6.54 Å². The Morgan fingerprint density at radius 3 is 2.53 bits per heavy atom. The molecule has 182 valence electrons. The van der Waals surface area contributed by atoms with Gasteiger partial charge in [0.15, 0.2) is 0 Å². The zero-order chi connectivity index (χ0) is 25.1. The first-order valence-electron chi connectivity index (χ1n) is 12.7. The van der Waals surface area contributed by atoms with Crippen molar-refractivity contribution in [3.05, 3.63) is 72.1 Å². The average Bonchev–Trinajstić information content (AvgIpc) is 3.35. The van der Waals surface area contributed by atoms with Gasteiger partial charge in [-0.15, -0.1) is 0 Å². The molecule has 4 aromatic rings. The maximum atomic E-state index is 9.31. The Hall–Kier alpha value is -3.95. The minimum Gasteiger partial charge on any atom is -0.388 e. The lowest BCUT2D eigenvalue weighted by atomic mass is 9.94. The smallest absolute Gasteiger partial charge is 0.0991 e. The van der Waals surface area contributed by atoms with E-state index in [2.05, 4.69) is 46.1 Å². The largest absolute Gasteiger partial charge is 0.388 e. The Morgan fingerprint density at radius 2 is 1.86 bits per heavy atom. The van der Waals surface area contributed by atoms with E-state index >= 15 is 0 Å². The van der Waals surface area contributed by atoms with Crippen molar-refractivity contribution in [1.82, 2.24) is 14.5 Å². The highest BCUT2D eigenvalue weighted by molar-refractivity contribution is 6.02. The molecule has 2 N–H and O–H groups in total. The zero-order valence-electron chi connectivity index (χ0n) is 21.0. The number of nitriles is 1. The van der Waals surface area contributed by atoms with E-state index in [-0.39, 0.29) is 0 Å². The highest BCUT2D eigenvalue weighted by Crippen LogP contribution is 2.38. The lowest BCUT2D eigenvalue weighted by molar-refractivity contribution is 0.182. The molecule has 0 saturated carbocycles. The van der Waals surface area contributed by atoms with Crippen molar-refractivity contribution >= 4 is 22.8 Å². The lowest BCUT2D eigenvalue weighted by Gasteiger charge is -2.31. The first kappa shape index (κ1) is 23.8. The van der Waals surface area contributed by atoms with Crippen molar-refractivity contribution in [2.75, 3.05) is 32.0 Å². The number of likely N-dealkylation sites (tertiary alicyclic amines) is 1. The van der Waals surface area contributed by atoms with E-state index in [9.17, 15) is 5.26 Å². The summed E-state index contributed by atoms with van der Waals surface area (Å²) >= 11 is 0. The number of benzene rings is 2. The van der Waals surface area contributed by atoms with Crippen molar-refractivity contribution in [2.24, 2.45) is 5.92 Å². The second kappa shape index (κ2) is 10.3. The van der Waals surface area contributed by atoms with Gasteiger partial charge in [-0.05, 0) is 74.3 Å². The highest BCUT2D eigenvalue weighted by atomic mass is 15.1. The molecule has 0 spiro atoms. The van der Waals surface area contributed by atoms with Crippen molar-refractivity contribution in [3.63, 3.8) is 0 Å². The van der Waals surface area contributed by atoms with E-state index in [4.69, 9.17) is 10.4 Å². The summed E-state index contributed by atoms with van der Waals surface area (Å²) in [5, 5.41) is 21.5. The second-order valence-electron chi connectivity index (χ2n) is 9.51. The third-order valence-electron chi connectivity index (χ3n) is 7.49. The SMILES string of the molecule is CCN1CCC(Cn2ccc3c(-c4ccc(C#N)cc4)c(-c4ccc(NC)c(C=N)c4)ncc32)CC1. The van der Waals surface area contributed by atoms with E-state index < -0.39 is 0 Å². The second-order valence-corrected chi connectivity index (χ2v) is 9.51. The molecular formula is C30H32N6. The van der Waals surface area contributed by atoms with E-state index in [1.807, 2.05) is 49.6 Å². The summed E-state index contributed by atoms with van der Waals surface area (Å²) in [6.45, 7) is 6.73. The average molecular weight is 477 g/mol. The van der Waals surface area contributed by atoms with Crippen LogP contribution in [0.2, 0.25) is 0 Å². The van der Waals surface area contributed by atoms with Crippen LogP contribution in [0, 0.1) is 22.7 Å². The number of nitrogens with one attached hydrogen (secondary N) is 2. The molecular weight excluding hydrogens is 444 g/mol. The minimum atomic E-state index is 0.640. The highest BCUT2D eigenvalue weighted by Gasteiger charge is 2.21. The molecule has 36 heavy (non-hydrogen) atoms. The summed E-state index contributed by atoms with van der Waals surface area (Å²) < 4.78 is 2.36. The summed E-state index contributed by atoms with van der Waals surface area (Å²) in [6.07, 6.45) is 8.02. The van der Waals surface area contributed by atoms with Gasteiger partial charge in [0.25, 0.3) is 0 Å². The first-order chi connectivity index (χ1) is 17.6. The van der Waals surface area contributed by atoms with E-state index in [0.717, 1.165) is 57.6 Å². The summed E-state index contributed by atoms with van der Waals surface area (Å²) in [6, 6.07) is 18.2. The number of hydrogen-bond donors (Lipinski definition) is 2. The van der Waals surface area contributed by atoms with E-state index in [0.29, 0.717) is 11.5 Å². The molecule has 6 nitrogen and oxygen atoms in total. The van der Waals surface area contributed by atoms with Crippen LogP contribution in [-0.4, -0.2) is 47.3 Å². The number of hydrogen-bond acceptors (Lipinski definition) is 5. The fourth-order valence-corrected chi connectivity index (χ4v) is 5.36. The van der Waals surface area contributed by atoms with Crippen molar-refractivity contribution in [1.29, 1.82) is 10.7 Å². The molecule has 0 aliphatic carbocycles. The van der Waals surface area contributed by atoms with Crippen LogP contribution in [0.4, 0.5) is 5.69 Å². The number of anilines is 1. The number of piperidine rings is 1. The van der Waals surface area contributed by atoms with Crippen molar-refractivity contribution < 1.29 is 0 Å². The molecule has 1 aliphatic heterocycles. The molecule has 6 heteroatoms. The van der Waals surface area contributed by atoms with E-state index in [1.54, 1.807) is 0 Å². The molecule has 0 atom stereocenters. The molecule has 1 aliphatic rings. The van der Waals surface area contributed by atoms with Crippen LogP contribution < -0.4 is 5.32 Å². The van der Waals surface area contributed by atoms with Gasteiger partial charge >= 0.3 is 0 Å². The van der Waals surface area contributed by atoms with Crippen LogP contribution in [0.5, 0.6) is 0 Å². The Balaban J connectivity index is 1.61. The standard InChI is InChI=1S/C30H32N6/c1-3-35-13-10-22(11-14-35)20-36-15-12-26-28(36)19-34-30(24-8-9-27(33-2)25(16-24)18-32)29(26)23-6-4-21(17-31)5-7-23/h4-9,12,15-16,18-19,22,32-33H,3,10-11,13-14,20H2,1-2H3. The number of fused-ring (bicyclic) bond motifs is 1. The van der Waals surface area contributed by atoms with Crippen molar-refractivity contribution in [3.8, 4) is 28.5 Å². The molecule has 1 saturated heterocycles.